The van der Waals surface area contributed by atoms with Gasteiger partial charge in [0.25, 0.3) is 11.8 Å². The second kappa shape index (κ2) is 13.1. The highest BCUT2D eigenvalue weighted by Crippen LogP contribution is 2.42. The number of hydrogen-bond acceptors (Lipinski definition) is 8. The zero-order valence-corrected chi connectivity index (χ0v) is 25.0. The largest absolute Gasteiger partial charge is 0.507 e. The van der Waals surface area contributed by atoms with E-state index in [4.69, 9.17) is 5.73 Å². The first-order valence-corrected chi connectivity index (χ1v) is 15.0. The van der Waals surface area contributed by atoms with E-state index in [1.165, 1.54) is 48.7 Å². The first-order chi connectivity index (χ1) is 21.0. The van der Waals surface area contributed by atoms with E-state index >= 15 is 4.39 Å². The third-order valence-corrected chi connectivity index (χ3v) is 8.62. The van der Waals surface area contributed by atoms with Crippen molar-refractivity contribution in [1.82, 2.24) is 26.3 Å². The van der Waals surface area contributed by atoms with E-state index in [0.29, 0.717) is 29.7 Å². The fourth-order valence-corrected chi connectivity index (χ4v) is 6.15. The molecular weight excluding hydrogens is 563 g/mol. The first-order valence-electron chi connectivity index (χ1n) is 15.0. The monoisotopic (exact) mass is 602 g/mol. The Morgan fingerprint density at radius 3 is 2.39 bits per heavy atom. The number of benzene rings is 2. The minimum absolute atomic E-state index is 0.143. The van der Waals surface area contributed by atoms with Crippen LogP contribution in [0.5, 0.6) is 5.75 Å². The molecule has 0 bridgehead atoms. The molecule has 2 aromatic carbocycles. The quantitative estimate of drug-likeness (QED) is 0.224. The maximum atomic E-state index is 15.8. The number of nitrogen functional groups attached to an aromatic ring is 1. The summed E-state index contributed by atoms with van der Waals surface area (Å²) in [5.41, 5.74) is 6.27. The predicted molar refractivity (Wildman–Crippen MR) is 165 cm³/mol. The van der Waals surface area contributed by atoms with Crippen LogP contribution in [0.2, 0.25) is 0 Å². The summed E-state index contributed by atoms with van der Waals surface area (Å²) in [5.74, 6) is -2.30. The molecule has 10 nitrogen and oxygen atoms in total. The molecule has 0 saturated carbocycles. The van der Waals surface area contributed by atoms with Crippen molar-refractivity contribution in [3.63, 3.8) is 0 Å². The molecule has 0 spiro atoms. The Morgan fingerprint density at radius 2 is 1.66 bits per heavy atom. The van der Waals surface area contributed by atoms with E-state index in [1.54, 1.807) is 6.07 Å². The Morgan fingerprint density at radius 1 is 0.955 bits per heavy atom. The number of phenolic OH excluding ortho intramolecular Hbond substituents is 1. The number of nitrogens with two attached hydrogens (primary N) is 1. The molecule has 1 aromatic heterocycles. The number of ketones is 1. The summed E-state index contributed by atoms with van der Waals surface area (Å²) in [6, 6.07) is 10.8. The fourth-order valence-electron chi connectivity index (χ4n) is 6.15. The molecular formula is C33H39FN6O4. The summed E-state index contributed by atoms with van der Waals surface area (Å²) in [7, 11) is 0. The number of carbonyl (C=O) groups is 3. The highest BCUT2D eigenvalue weighted by molar-refractivity contribution is 6.11. The van der Waals surface area contributed by atoms with Gasteiger partial charge >= 0.3 is 0 Å². The van der Waals surface area contributed by atoms with Gasteiger partial charge in [0, 0.05) is 41.0 Å². The Kier molecular flexibility index (Phi) is 9.26. The van der Waals surface area contributed by atoms with Gasteiger partial charge in [-0.2, -0.15) is 0 Å². The van der Waals surface area contributed by atoms with Crippen molar-refractivity contribution in [3.8, 4) is 5.75 Å². The van der Waals surface area contributed by atoms with Crippen LogP contribution in [-0.4, -0.2) is 59.4 Å². The molecule has 2 amide bonds. The maximum Gasteiger partial charge on any atom is 0.251 e. The molecule has 5 rings (SSSR count). The van der Waals surface area contributed by atoms with Gasteiger partial charge in [-0.15, -0.1) is 0 Å². The molecule has 0 aliphatic carbocycles. The molecule has 0 radical (unpaired) electrons. The number of piperidine rings is 1. The Labute approximate surface area is 256 Å². The lowest BCUT2D eigenvalue weighted by atomic mass is 9.74. The Hall–Kier alpha value is -4.35. The Bertz CT molecular complexity index is 1540. The van der Waals surface area contributed by atoms with Crippen LogP contribution >= 0.6 is 0 Å². The predicted octanol–water partition coefficient (Wildman–Crippen LogP) is 3.47. The lowest BCUT2D eigenvalue weighted by Crippen LogP contribution is -2.54. The standard InChI is InChI=1S/C33H39FN6O4/c1-33(2)13-4-15-38-30(33)22-10-11-25(41)27(28(22)34)29(42)19-6-8-20(9-7-19)31(43)39-23-5-3-14-36-18-24(23)40-32(44)21-12-16-37-26(35)17-21/h6-12,16-17,23-24,30,36,38,41H,3-5,13-15,18H2,1-2H3,(H2,35,37)(H,39,43)(H,40,44)/t23-,24-,30?/m1/s1. The normalized spacial score (nSPS) is 21.6. The van der Waals surface area contributed by atoms with Gasteiger partial charge < -0.3 is 32.1 Å². The van der Waals surface area contributed by atoms with Gasteiger partial charge in [-0.3, -0.25) is 14.4 Å². The summed E-state index contributed by atoms with van der Waals surface area (Å²) in [5, 5.41) is 23.2. The number of rotatable bonds is 7. The van der Waals surface area contributed by atoms with Gasteiger partial charge in [0.2, 0.25) is 0 Å². The van der Waals surface area contributed by atoms with E-state index in [0.717, 1.165) is 32.4 Å². The zero-order valence-electron chi connectivity index (χ0n) is 25.0. The number of aromatic hydroxyl groups is 1. The number of aromatic nitrogens is 1. The molecule has 1 unspecified atom stereocenters. The van der Waals surface area contributed by atoms with Gasteiger partial charge in [0.05, 0.1) is 12.1 Å². The SMILES string of the molecule is CC1(C)CCCNC1c1ccc(O)c(C(=O)c2ccc(C(=O)N[C@@H]3CCCNC[C@H]3NC(=O)c3ccnc(N)c3)cc2)c1F. The number of nitrogens with one attached hydrogen (secondary N) is 4. The van der Waals surface area contributed by atoms with Crippen LogP contribution in [0.15, 0.2) is 54.7 Å². The van der Waals surface area contributed by atoms with Gasteiger partial charge in [0.1, 0.15) is 22.9 Å². The molecule has 3 aromatic rings. The third-order valence-electron chi connectivity index (χ3n) is 8.62. The second-order valence-corrected chi connectivity index (χ2v) is 12.2. The van der Waals surface area contributed by atoms with Crippen molar-refractivity contribution in [2.24, 2.45) is 5.41 Å². The van der Waals surface area contributed by atoms with Crippen molar-refractivity contribution in [3.05, 3.63) is 88.4 Å². The molecule has 2 aliphatic heterocycles. The topological polar surface area (TPSA) is 158 Å². The molecule has 2 aliphatic rings. The summed E-state index contributed by atoms with van der Waals surface area (Å²) in [6.07, 6.45) is 4.78. The number of pyridine rings is 1. The number of carbonyl (C=O) groups excluding carboxylic acids is 3. The van der Waals surface area contributed by atoms with E-state index < -0.39 is 17.3 Å². The van der Waals surface area contributed by atoms with Gasteiger partial charge in [-0.25, -0.2) is 9.37 Å². The van der Waals surface area contributed by atoms with Gasteiger partial charge in [-0.1, -0.05) is 32.0 Å². The molecule has 232 valence electrons. The van der Waals surface area contributed by atoms with Gasteiger partial charge in [-0.05, 0) is 74.5 Å². The highest BCUT2D eigenvalue weighted by atomic mass is 19.1. The molecule has 3 atom stereocenters. The van der Waals surface area contributed by atoms with Crippen LogP contribution < -0.4 is 27.0 Å². The number of halogens is 1. The van der Waals surface area contributed by atoms with Gasteiger partial charge in [0.15, 0.2) is 5.78 Å². The second-order valence-electron chi connectivity index (χ2n) is 12.2. The van der Waals surface area contributed by atoms with Crippen molar-refractivity contribution in [1.29, 1.82) is 0 Å². The summed E-state index contributed by atoms with van der Waals surface area (Å²) in [6.45, 7) is 6.06. The molecule has 3 heterocycles. The smallest absolute Gasteiger partial charge is 0.251 e. The van der Waals surface area contributed by atoms with Crippen molar-refractivity contribution in [2.75, 3.05) is 25.4 Å². The van der Waals surface area contributed by atoms with Crippen molar-refractivity contribution >= 4 is 23.4 Å². The number of hydrogen-bond donors (Lipinski definition) is 6. The van der Waals surface area contributed by atoms with Crippen molar-refractivity contribution in [2.45, 2.75) is 57.7 Å². The lowest BCUT2D eigenvalue weighted by molar-refractivity contribution is 0.0882. The van der Waals surface area contributed by atoms with E-state index in [1.807, 2.05) is 0 Å². The van der Waals surface area contributed by atoms with Crippen LogP contribution in [0.4, 0.5) is 10.2 Å². The fraction of sp³-hybridized carbons (Fsp3) is 0.394. The molecule has 2 saturated heterocycles. The molecule has 7 N–H and O–H groups in total. The van der Waals surface area contributed by atoms with Crippen LogP contribution in [0, 0.1) is 11.2 Å². The summed E-state index contributed by atoms with van der Waals surface area (Å²) < 4.78 is 15.8. The molecule has 44 heavy (non-hydrogen) atoms. The highest BCUT2D eigenvalue weighted by Gasteiger charge is 2.36. The molecule has 2 fully saturated rings. The van der Waals surface area contributed by atoms with E-state index in [-0.39, 0.29) is 52.3 Å². The third kappa shape index (κ3) is 6.74. The van der Waals surface area contributed by atoms with Crippen LogP contribution in [0.3, 0.4) is 0 Å². The van der Waals surface area contributed by atoms with Crippen LogP contribution in [0.1, 0.15) is 87.8 Å². The van der Waals surface area contributed by atoms with Crippen LogP contribution in [0.25, 0.3) is 0 Å². The number of nitrogens with zero attached hydrogens (tertiary/aromatic N) is 1. The maximum absolute atomic E-state index is 15.8. The number of phenols is 1. The zero-order chi connectivity index (χ0) is 31.4. The number of amides is 2. The van der Waals surface area contributed by atoms with E-state index in [2.05, 4.69) is 40.1 Å². The average Bonchev–Trinajstić information content (AvgIpc) is 3.22. The van der Waals surface area contributed by atoms with Crippen LogP contribution in [-0.2, 0) is 0 Å². The summed E-state index contributed by atoms with van der Waals surface area (Å²) >= 11 is 0. The molecule has 11 heteroatoms. The average molecular weight is 603 g/mol. The lowest BCUT2D eigenvalue weighted by Gasteiger charge is -2.40. The summed E-state index contributed by atoms with van der Waals surface area (Å²) in [4.78, 5) is 43.5. The van der Waals surface area contributed by atoms with E-state index in [9.17, 15) is 19.5 Å². The minimum atomic E-state index is -0.742. The van der Waals surface area contributed by atoms with Crippen molar-refractivity contribution < 1.29 is 23.9 Å². The minimum Gasteiger partial charge on any atom is -0.507 e. The number of anilines is 1. The Balaban J connectivity index is 1.30. The first kappa shape index (κ1) is 31.1.